The molecule has 0 radical (unpaired) electrons. The molecule has 1 aliphatic heterocycles. The van der Waals surface area contributed by atoms with Gasteiger partial charge >= 0.3 is 0 Å². The number of rotatable bonds is 10. The second-order valence-electron chi connectivity index (χ2n) is 8.90. The highest BCUT2D eigenvalue weighted by Gasteiger charge is 2.11. The molecule has 0 amide bonds. The molecule has 8 heteroatoms. The first-order valence-electron chi connectivity index (χ1n) is 12.5. The van der Waals surface area contributed by atoms with Crippen LogP contribution in [-0.2, 0) is 0 Å². The number of nitrogens with zero attached hydrogens (tertiary/aromatic N) is 4. The summed E-state index contributed by atoms with van der Waals surface area (Å²) in [5, 5.41) is 7.62. The van der Waals surface area contributed by atoms with Gasteiger partial charge in [0.2, 0.25) is 5.95 Å². The summed E-state index contributed by atoms with van der Waals surface area (Å²) in [6, 6.07) is 17.6. The second kappa shape index (κ2) is 11.7. The average molecular weight is 485 g/mol. The van der Waals surface area contributed by atoms with Crippen LogP contribution in [0.15, 0.2) is 67.0 Å². The highest BCUT2D eigenvalue weighted by atomic mass is 16.5. The fraction of sp³-hybridized carbons (Fsp3) is 0.321. The Balaban J connectivity index is 1.19. The number of anilines is 4. The number of hydrogen-bond acceptors (Lipinski definition) is 8. The fourth-order valence-electron chi connectivity index (χ4n) is 4.42. The van der Waals surface area contributed by atoms with Crippen molar-refractivity contribution in [2.45, 2.75) is 25.7 Å². The van der Waals surface area contributed by atoms with E-state index in [1.165, 1.54) is 32.4 Å². The third-order valence-electron chi connectivity index (χ3n) is 6.27. The Hall–Kier alpha value is -3.91. The summed E-state index contributed by atoms with van der Waals surface area (Å²) in [6.45, 7) is 4.21. The monoisotopic (exact) mass is 484 g/mol. The Morgan fingerprint density at radius 1 is 0.944 bits per heavy atom. The van der Waals surface area contributed by atoms with Gasteiger partial charge in [0.25, 0.3) is 0 Å². The maximum Gasteiger partial charge on any atom is 0.229 e. The molecule has 36 heavy (non-hydrogen) atoms. The third kappa shape index (κ3) is 6.20. The number of benzene rings is 2. The van der Waals surface area contributed by atoms with Crippen LogP contribution >= 0.6 is 0 Å². The van der Waals surface area contributed by atoms with Crippen molar-refractivity contribution in [3.8, 4) is 11.5 Å². The Bertz CT molecular complexity index is 1290. The number of aromatic nitrogens is 3. The van der Waals surface area contributed by atoms with Gasteiger partial charge in [0, 0.05) is 24.2 Å². The number of pyridine rings is 1. The van der Waals surface area contributed by atoms with Crippen molar-refractivity contribution in [3.63, 3.8) is 0 Å². The van der Waals surface area contributed by atoms with Crippen LogP contribution < -0.4 is 20.1 Å². The zero-order valence-electron chi connectivity index (χ0n) is 20.6. The molecule has 2 aromatic carbocycles. The molecule has 1 fully saturated rings. The summed E-state index contributed by atoms with van der Waals surface area (Å²) in [5.41, 5.74) is 2.58. The lowest BCUT2D eigenvalue weighted by atomic mass is 10.1. The molecule has 0 spiro atoms. The predicted molar refractivity (Wildman–Crippen MR) is 144 cm³/mol. The number of piperidine rings is 1. The third-order valence-corrected chi connectivity index (χ3v) is 6.27. The van der Waals surface area contributed by atoms with E-state index >= 15 is 0 Å². The van der Waals surface area contributed by atoms with Crippen molar-refractivity contribution in [2.75, 3.05) is 44.0 Å². The largest absolute Gasteiger partial charge is 0.494 e. The minimum atomic E-state index is 0.460. The molecule has 2 aromatic heterocycles. The lowest BCUT2D eigenvalue weighted by Gasteiger charge is -2.26. The number of fused-ring (bicyclic) bond motifs is 1. The number of para-hydroxylation sites is 1. The molecule has 0 unspecified atom stereocenters. The van der Waals surface area contributed by atoms with Gasteiger partial charge in [-0.25, -0.2) is 4.98 Å². The molecule has 0 bridgehead atoms. The topological polar surface area (TPSA) is 84.4 Å². The zero-order valence-corrected chi connectivity index (χ0v) is 20.6. The van der Waals surface area contributed by atoms with Crippen molar-refractivity contribution >= 4 is 34.0 Å². The van der Waals surface area contributed by atoms with Gasteiger partial charge in [0.1, 0.15) is 17.3 Å². The first kappa shape index (κ1) is 23.8. The van der Waals surface area contributed by atoms with Gasteiger partial charge in [-0.05, 0) is 62.7 Å². The van der Waals surface area contributed by atoms with E-state index < -0.39 is 0 Å². The molecular weight excluding hydrogens is 452 g/mol. The Kier molecular flexibility index (Phi) is 7.73. The Morgan fingerprint density at radius 3 is 2.72 bits per heavy atom. The van der Waals surface area contributed by atoms with Crippen LogP contribution in [0.5, 0.6) is 11.5 Å². The predicted octanol–water partition coefficient (Wildman–Crippen LogP) is 5.78. The molecule has 0 atom stereocenters. The molecule has 0 saturated carbocycles. The van der Waals surface area contributed by atoms with E-state index in [4.69, 9.17) is 9.47 Å². The maximum absolute atomic E-state index is 5.98. The maximum atomic E-state index is 5.98. The summed E-state index contributed by atoms with van der Waals surface area (Å²) in [5.74, 6) is 2.58. The second-order valence-corrected chi connectivity index (χ2v) is 8.90. The number of hydrogen-bond donors (Lipinski definition) is 2. The van der Waals surface area contributed by atoms with E-state index in [0.717, 1.165) is 41.0 Å². The van der Waals surface area contributed by atoms with E-state index in [1.807, 2.05) is 54.6 Å². The van der Waals surface area contributed by atoms with Gasteiger partial charge in [-0.3, -0.25) is 4.98 Å². The zero-order chi connectivity index (χ0) is 24.6. The molecule has 186 valence electrons. The van der Waals surface area contributed by atoms with Gasteiger partial charge < -0.3 is 25.0 Å². The Morgan fingerprint density at radius 2 is 1.83 bits per heavy atom. The van der Waals surface area contributed by atoms with E-state index in [9.17, 15) is 0 Å². The van der Waals surface area contributed by atoms with E-state index in [1.54, 1.807) is 19.5 Å². The van der Waals surface area contributed by atoms with Gasteiger partial charge in [-0.15, -0.1) is 0 Å². The number of methoxy groups -OCH3 is 1. The minimum Gasteiger partial charge on any atom is -0.494 e. The normalized spacial score (nSPS) is 13.9. The molecule has 0 aliphatic carbocycles. The van der Waals surface area contributed by atoms with Crippen LogP contribution in [0.4, 0.5) is 23.1 Å². The molecular formula is C28H32N6O2. The van der Waals surface area contributed by atoms with Crippen molar-refractivity contribution in [1.82, 2.24) is 19.9 Å². The van der Waals surface area contributed by atoms with Crippen molar-refractivity contribution in [3.05, 3.63) is 67.0 Å². The summed E-state index contributed by atoms with van der Waals surface area (Å²) in [6.07, 6.45) is 8.51. The summed E-state index contributed by atoms with van der Waals surface area (Å²) in [4.78, 5) is 16.0. The van der Waals surface area contributed by atoms with E-state index in [2.05, 4.69) is 30.5 Å². The van der Waals surface area contributed by atoms with Gasteiger partial charge in [0.15, 0.2) is 0 Å². The Labute approximate surface area is 211 Å². The highest BCUT2D eigenvalue weighted by molar-refractivity contribution is 5.82. The lowest BCUT2D eigenvalue weighted by molar-refractivity contribution is 0.205. The molecule has 2 N–H and O–H groups in total. The SMILES string of the molecule is COc1cc(OCCCN2CCCCC2)ccc1Nc1nccc(Nc2cnc3ccccc3c2)n1. The van der Waals surface area contributed by atoms with Crippen LogP contribution in [0.1, 0.15) is 25.7 Å². The van der Waals surface area contributed by atoms with Gasteiger partial charge in [-0.2, -0.15) is 4.98 Å². The summed E-state index contributed by atoms with van der Waals surface area (Å²) < 4.78 is 11.6. The van der Waals surface area contributed by atoms with Crippen LogP contribution in [0, 0.1) is 0 Å². The van der Waals surface area contributed by atoms with Crippen molar-refractivity contribution in [2.24, 2.45) is 0 Å². The number of ether oxygens (including phenoxy) is 2. The highest BCUT2D eigenvalue weighted by Crippen LogP contribution is 2.31. The fourth-order valence-corrected chi connectivity index (χ4v) is 4.42. The van der Waals surface area contributed by atoms with Crippen LogP contribution in [0.25, 0.3) is 10.9 Å². The summed E-state index contributed by atoms with van der Waals surface area (Å²) >= 11 is 0. The van der Waals surface area contributed by atoms with Crippen molar-refractivity contribution in [1.29, 1.82) is 0 Å². The quantitative estimate of drug-likeness (QED) is 0.274. The molecule has 5 rings (SSSR count). The van der Waals surface area contributed by atoms with Crippen LogP contribution in [0.2, 0.25) is 0 Å². The standard InChI is InChI=1S/C28H32N6O2/c1-35-26-19-23(36-17-7-16-34-14-5-2-6-15-34)10-11-25(26)32-28-29-13-12-27(33-28)31-22-18-21-8-3-4-9-24(21)30-20-22/h3-4,8-13,18-20H,2,5-7,14-17H2,1H3,(H2,29,31,32,33). The summed E-state index contributed by atoms with van der Waals surface area (Å²) in [7, 11) is 1.65. The first-order valence-corrected chi connectivity index (χ1v) is 12.5. The molecule has 4 aromatic rings. The van der Waals surface area contributed by atoms with E-state index in [0.29, 0.717) is 24.1 Å². The lowest BCUT2D eigenvalue weighted by Crippen LogP contribution is -2.31. The number of nitrogens with one attached hydrogen (secondary N) is 2. The average Bonchev–Trinajstić information content (AvgIpc) is 2.92. The van der Waals surface area contributed by atoms with Crippen LogP contribution in [-0.4, -0.2) is 53.2 Å². The van der Waals surface area contributed by atoms with Crippen LogP contribution in [0.3, 0.4) is 0 Å². The van der Waals surface area contributed by atoms with Gasteiger partial charge in [0.05, 0.1) is 36.8 Å². The first-order chi connectivity index (χ1) is 17.8. The van der Waals surface area contributed by atoms with Gasteiger partial charge in [-0.1, -0.05) is 24.6 Å². The molecule has 1 saturated heterocycles. The van der Waals surface area contributed by atoms with Crippen molar-refractivity contribution < 1.29 is 9.47 Å². The molecule has 1 aliphatic rings. The number of likely N-dealkylation sites (tertiary alicyclic amines) is 1. The molecule has 8 nitrogen and oxygen atoms in total. The minimum absolute atomic E-state index is 0.460. The smallest absolute Gasteiger partial charge is 0.229 e. The van der Waals surface area contributed by atoms with E-state index in [-0.39, 0.29) is 0 Å². The molecule has 3 heterocycles.